The first kappa shape index (κ1) is 16.6. The number of hydrazine groups is 1. The molecule has 0 aromatic rings. The number of nitrogens with one attached hydrogen (secondary N) is 2. The molecule has 4 saturated carbocycles. The van der Waals surface area contributed by atoms with E-state index in [1.165, 1.54) is 19.3 Å². The highest BCUT2D eigenvalue weighted by atomic mass is 16.4. The summed E-state index contributed by atoms with van der Waals surface area (Å²) in [5.74, 6) is -0.793. The fourth-order valence-electron chi connectivity index (χ4n) is 6.11. The Balaban J connectivity index is 1.38. The van der Waals surface area contributed by atoms with Crippen molar-refractivity contribution in [2.45, 2.75) is 51.4 Å². The number of carbonyl (C=O) groups is 3. The number of carboxylic acids is 1. The molecule has 6 heteroatoms. The Hall–Kier alpha value is -1.85. The van der Waals surface area contributed by atoms with E-state index in [-0.39, 0.29) is 11.3 Å². The number of aliphatic carboxylic acids is 1. The predicted octanol–water partition coefficient (Wildman–Crippen LogP) is 2.02. The fraction of sp³-hybridized carbons (Fsp3) is 0.737. The van der Waals surface area contributed by atoms with Crippen molar-refractivity contribution in [2.24, 2.45) is 35.0 Å². The molecule has 0 aromatic carbocycles. The van der Waals surface area contributed by atoms with Crippen molar-refractivity contribution < 1.29 is 19.5 Å². The van der Waals surface area contributed by atoms with E-state index in [2.05, 4.69) is 10.9 Å². The quantitative estimate of drug-likeness (QED) is 0.538. The average Bonchev–Trinajstić information content (AvgIpc) is 2.58. The molecule has 5 rings (SSSR count). The second-order valence-electron chi connectivity index (χ2n) is 8.64. The van der Waals surface area contributed by atoms with Gasteiger partial charge in [-0.3, -0.25) is 25.2 Å². The Bertz CT molecular complexity index is 592. The van der Waals surface area contributed by atoms with Gasteiger partial charge in [0.25, 0.3) is 0 Å². The number of rotatable bonds is 3. The first-order valence-corrected chi connectivity index (χ1v) is 9.45. The van der Waals surface area contributed by atoms with Crippen molar-refractivity contribution in [3.05, 3.63) is 12.2 Å². The van der Waals surface area contributed by atoms with Gasteiger partial charge in [-0.05, 0) is 69.1 Å². The van der Waals surface area contributed by atoms with Crippen LogP contribution in [0.3, 0.4) is 0 Å². The predicted molar refractivity (Wildman–Crippen MR) is 89.9 cm³/mol. The Kier molecular flexibility index (Phi) is 4.08. The number of allylic oxidation sites excluding steroid dienone is 2. The van der Waals surface area contributed by atoms with E-state index in [0.717, 1.165) is 19.3 Å². The molecule has 0 aliphatic heterocycles. The van der Waals surface area contributed by atoms with Crippen molar-refractivity contribution >= 4 is 17.8 Å². The highest BCUT2D eigenvalue weighted by molar-refractivity contribution is 5.89. The summed E-state index contributed by atoms with van der Waals surface area (Å²) >= 11 is 0. The van der Waals surface area contributed by atoms with E-state index in [0.29, 0.717) is 30.6 Å². The molecular formula is C19H26N2O4. The van der Waals surface area contributed by atoms with Crippen LogP contribution in [0.5, 0.6) is 0 Å². The SMILES string of the molecule is O=C(NNC(=O)C12CC3CC(CC(C3)C1)C2)[C@H]1CC=CC[C@H]1C(=O)O. The minimum absolute atomic E-state index is 0.0711. The molecule has 2 atom stereocenters. The van der Waals surface area contributed by atoms with Crippen LogP contribution < -0.4 is 10.9 Å². The van der Waals surface area contributed by atoms with E-state index < -0.39 is 23.7 Å². The lowest BCUT2D eigenvalue weighted by molar-refractivity contribution is -0.151. The minimum atomic E-state index is -0.961. The molecule has 2 amide bonds. The zero-order chi connectivity index (χ0) is 17.6. The summed E-state index contributed by atoms with van der Waals surface area (Å²) in [5, 5.41) is 9.29. The van der Waals surface area contributed by atoms with Crippen molar-refractivity contribution in [1.82, 2.24) is 10.9 Å². The van der Waals surface area contributed by atoms with Gasteiger partial charge in [0.05, 0.1) is 17.3 Å². The molecule has 0 spiro atoms. The molecule has 0 saturated heterocycles. The van der Waals surface area contributed by atoms with Gasteiger partial charge < -0.3 is 5.11 Å². The average molecular weight is 346 g/mol. The highest BCUT2D eigenvalue weighted by Gasteiger charge is 2.54. The molecule has 6 nitrogen and oxygen atoms in total. The number of hydrogen-bond acceptors (Lipinski definition) is 3. The molecule has 4 bridgehead atoms. The topological polar surface area (TPSA) is 95.5 Å². The molecule has 5 aliphatic rings. The van der Waals surface area contributed by atoms with Gasteiger partial charge in [0, 0.05) is 0 Å². The van der Waals surface area contributed by atoms with Gasteiger partial charge in [0.15, 0.2) is 0 Å². The second kappa shape index (κ2) is 6.15. The molecule has 0 radical (unpaired) electrons. The lowest BCUT2D eigenvalue weighted by atomic mass is 9.49. The zero-order valence-electron chi connectivity index (χ0n) is 14.4. The van der Waals surface area contributed by atoms with E-state index in [1.807, 2.05) is 6.08 Å². The Morgan fingerprint density at radius 2 is 1.36 bits per heavy atom. The molecule has 3 N–H and O–H groups in total. The van der Waals surface area contributed by atoms with Gasteiger partial charge in [-0.1, -0.05) is 12.2 Å². The maximum atomic E-state index is 12.8. The summed E-state index contributed by atoms with van der Waals surface area (Å²) in [4.78, 5) is 36.6. The third kappa shape index (κ3) is 2.96. The van der Waals surface area contributed by atoms with Gasteiger partial charge in [0.1, 0.15) is 0 Å². The van der Waals surface area contributed by atoms with Gasteiger partial charge in [-0.15, -0.1) is 0 Å². The number of carboxylic acid groups (broad SMARTS) is 1. The summed E-state index contributed by atoms with van der Waals surface area (Å²) < 4.78 is 0. The van der Waals surface area contributed by atoms with Crippen molar-refractivity contribution in [3.63, 3.8) is 0 Å². The molecule has 5 aliphatic carbocycles. The summed E-state index contributed by atoms with van der Waals surface area (Å²) in [6.45, 7) is 0. The first-order valence-electron chi connectivity index (χ1n) is 9.45. The highest BCUT2D eigenvalue weighted by Crippen LogP contribution is 2.60. The van der Waals surface area contributed by atoms with Crippen molar-refractivity contribution in [1.29, 1.82) is 0 Å². The maximum absolute atomic E-state index is 12.8. The van der Waals surface area contributed by atoms with Crippen LogP contribution in [0.15, 0.2) is 12.2 Å². The van der Waals surface area contributed by atoms with Crippen LogP contribution in [0.2, 0.25) is 0 Å². The van der Waals surface area contributed by atoms with Crippen LogP contribution in [0.1, 0.15) is 51.4 Å². The normalized spacial score (nSPS) is 41.4. The van der Waals surface area contributed by atoms with Crippen LogP contribution in [0, 0.1) is 35.0 Å². The molecular weight excluding hydrogens is 320 g/mol. The number of amides is 2. The van der Waals surface area contributed by atoms with E-state index in [4.69, 9.17) is 0 Å². The molecule has 0 unspecified atom stereocenters. The summed E-state index contributed by atoms with van der Waals surface area (Å²) in [5.41, 5.74) is 4.85. The van der Waals surface area contributed by atoms with Crippen LogP contribution in [-0.2, 0) is 14.4 Å². The van der Waals surface area contributed by atoms with E-state index in [9.17, 15) is 19.5 Å². The largest absolute Gasteiger partial charge is 0.481 e. The van der Waals surface area contributed by atoms with Gasteiger partial charge in [-0.25, -0.2) is 0 Å². The van der Waals surface area contributed by atoms with Crippen LogP contribution >= 0.6 is 0 Å². The van der Waals surface area contributed by atoms with Crippen molar-refractivity contribution in [3.8, 4) is 0 Å². The molecule has 0 heterocycles. The first-order chi connectivity index (χ1) is 12.0. The molecule has 136 valence electrons. The summed E-state index contributed by atoms with van der Waals surface area (Å²) in [6.07, 6.45) is 11.0. The second-order valence-corrected chi connectivity index (χ2v) is 8.64. The molecule has 0 aromatic heterocycles. The van der Waals surface area contributed by atoms with E-state index >= 15 is 0 Å². The Morgan fingerprint density at radius 1 is 0.840 bits per heavy atom. The van der Waals surface area contributed by atoms with Gasteiger partial charge in [0.2, 0.25) is 11.8 Å². The third-order valence-electron chi connectivity index (χ3n) is 6.91. The zero-order valence-corrected chi connectivity index (χ0v) is 14.4. The standard InChI is InChI=1S/C19H26N2O4/c22-16(14-3-1-2-4-15(14)17(23)24)20-21-18(25)19-8-11-5-12(9-19)7-13(6-11)10-19/h1-2,11-15H,3-10H2,(H,20,22)(H,21,25)(H,23,24)/t11?,12?,13?,14-,15+,19?/m0/s1. The number of carbonyl (C=O) groups excluding carboxylic acids is 2. The Morgan fingerprint density at radius 3 is 1.88 bits per heavy atom. The van der Waals surface area contributed by atoms with Gasteiger partial charge >= 0.3 is 5.97 Å². The third-order valence-corrected chi connectivity index (χ3v) is 6.91. The summed E-state index contributed by atoms with van der Waals surface area (Å²) in [6, 6.07) is 0. The monoisotopic (exact) mass is 346 g/mol. The van der Waals surface area contributed by atoms with Crippen molar-refractivity contribution in [2.75, 3.05) is 0 Å². The van der Waals surface area contributed by atoms with Gasteiger partial charge in [-0.2, -0.15) is 0 Å². The lowest BCUT2D eigenvalue weighted by Gasteiger charge is -2.55. The number of hydrogen-bond donors (Lipinski definition) is 3. The lowest BCUT2D eigenvalue weighted by Crippen LogP contribution is -2.57. The van der Waals surface area contributed by atoms with E-state index in [1.54, 1.807) is 6.08 Å². The smallest absolute Gasteiger partial charge is 0.307 e. The van der Waals surface area contributed by atoms with Crippen LogP contribution in [-0.4, -0.2) is 22.9 Å². The molecule has 4 fully saturated rings. The van der Waals surface area contributed by atoms with Crippen LogP contribution in [0.25, 0.3) is 0 Å². The fourth-order valence-corrected chi connectivity index (χ4v) is 6.11. The minimum Gasteiger partial charge on any atom is -0.481 e. The summed E-state index contributed by atoms with van der Waals surface area (Å²) in [7, 11) is 0. The maximum Gasteiger partial charge on any atom is 0.307 e. The van der Waals surface area contributed by atoms with Crippen LogP contribution in [0.4, 0.5) is 0 Å². The Labute approximate surface area is 147 Å². The molecule has 25 heavy (non-hydrogen) atoms.